The first-order valence-corrected chi connectivity index (χ1v) is 12.5. The number of anilines is 1. The van der Waals surface area contributed by atoms with Crippen LogP contribution >= 0.6 is 0 Å². The van der Waals surface area contributed by atoms with Crippen molar-refractivity contribution in [1.29, 1.82) is 0 Å². The highest BCUT2D eigenvalue weighted by Gasteiger charge is 2.24. The molecule has 3 aromatic carbocycles. The zero-order valence-electron chi connectivity index (χ0n) is 19.1. The predicted molar refractivity (Wildman–Crippen MR) is 137 cm³/mol. The Morgan fingerprint density at radius 2 is 1.57 bits per heavy atom. The first-order valence-electron chi connectivity index (χ1n) is 11.1. The van der Waals surface area contributed by atoms with Crippen LogP contribution in [-0.4, -0.2) is 25.4 Å². The SMILES string of the molecule is C=CCN(c1ccccc1)S(=O)(=O)c1cccc(C(=O)N=c2ccccn2Cc2ccccc2)c1. The molecule has 0 radical (unpaired) electrons. The molecule has 0 bridgehead atoms. The van der Waals surface area contributed by atoms with Gasteiger partial charge in [0, 0.05) is 18.3 Å². The maximum Gasteiger partial charge on any atom is 0.278 e. The van der Waals surface area contributed by atoms with Crippen molar-refractivity contribution in [2.75, 3.05) is 10.8 Å². The number of amides is 1. The third-order valence-corrected chi connectivity index (χ3v) is 7.13. The molecule has 0 unspecified atom stereocenters. The molecule has 7 heteroatoms. The summed E-state index contributed by atoms with van der Waals surface area (Å²) in [4.78, 5) is 17.4. The van der Waals surface area contributed by atoms with Crippen LogP contribution in [0.2, 0.25) is 0 Å². The molecule has 1 heterocycles. The summed E-state index contributed by atoms with van der Waals surface area (Å²) in [7, 11) is -3.93. The van der Waals surface area contributed by atoms with Gasteiger partial charge in [0.15, 0.2) is 0 Å². The Bertz CT molecular complexity index is 1500. The lowest BCUT2D eigenvalue weighted by atomic mass is 10.2. The molecule has 0 atom stereocenters. The van der Waals surface area contributed by atoms with Gasteiger partial charge in [-0.1, -0.05) is 66.7 Å². The van der Waals surface area contributed by atoms with Crippen molar-refractivity contribution in [2.24, 2.45) is 4.99 Å². The molecule has 4 aromatic rings. The van der Waals surface area contributed by atoms with E-state index in [9.17, 15) is 13.2 Å². The standard InChI is InChI=1S/C28H25N3O3S/c1-2-19-31(25-15-7-4-8-16-25)35(33,34)26-17-11-14-24(21-26)28(32)29-27-18-9-10-20-30(27)22-23-12-5-3-6-13-23/h2-18,20-21H,1,19,22H2. The molecule has 0 aliphatic carbocycles. The highest BCUT2D eigenvalue weighted by atomic mass is 32.2. The van der Waals surface area contributed by atoms with Crippen molar-refractivity contribution in [3.8, 4) is 0 Å². The van der Waals surface area contributed by atoms with Crippen molar-refractivity contribution in [3.63, 3.8) is 0 Å². The molecular weight excluding hydrogens is 458 g/mol. The maximum absolute atomic E-state index is 13.4. The molecule has 0 N–H and O–H groups in total. The number of benzene rings is 3. The van der Waals surface area contributed by atoms with Crippen LogP contribution in [0.5, 0.6) is 0 Å². The van der Waals surface area contributed by atoms with Gasteiger partial charge in [-0.25, -0.2) is 8.42 Å². The Morgan fingerprint density at radius 1 is 0.886 bits per heavy atom. The largest absolute Gasteiger partial charge is 0.328 e. The molecule has 0 aliphatic heterocycles. The van der Waals surface area contributed by atoms with Crippen LogP contribution in [0.3, 0.4) is 0 Å². The normalized spacial score (nSPS) is 11.7. The van der Waals surface area contributed by atoms with Gasteiger partial charge in [-0.2, -0.15) is 4.99 Å². The fourth-order valence-corrected chi connectivity index (χ4v) is 5.10. The second kappa shape index (κ2) is 10.8. The Balaban J connectivity index is 1.67. The van der Waals surface area contributed by atoms with E-state index in [1.54, 1.807) is 42.5 Å². The number of nitrogens with zero attached hydrogens (tertiary/aromatic N) is 3. The molecule has 0 saturated carbocycles. The van der Waals surface area contributed by atoms with Gasteiger partial charge in [-0.3, -0.25) is 9.10 Å². The molecule has 1 amide bonds. The molecule has 4 rings (SSSR count). The van der Waals surface area contributed by atoms with Crippen molar-refractivity contribution in [1.82, 2.24) is 4.57 Å². The Labute approximate surface area is 205 Å². The molecule has 176 valence electrons. The van der Waals surface area contributed by atoms with Gasteiger partial charge in [-0.05, 0) is 48.0 Å². The van der Waals surface area contributed by atoms with E-state index in [-0.39, 0.29) is 17.0 Å². The van der Waals surface area contributed by atoms with Crippen molar-refractivity contribution < 1.29 is 13.2 Å². The minimum absolute atomic E-state index is 0.00877. The quantitative estimate of drug-likeness (QED) is 0.342. The van der Waals surface area contributed by atoms with Gasteiger partial charge in [0.05, 0.1) is 17.1 Å². The summed E-state index contributed by atoms with van der Waals surface area (Å²) in [6.45, 7) is 4.33. The van der Waals surface area contributed by atoms with Crippen molar-refractivity contribution >= 4 is 21.6 Å². The number of hydrogen-bond donors (Lipinski definition) is 0. The van der Waals surface area contributed by atoms with Crippen LogP contribution in [0.25, 0.3) is 0 Å². The van der Waals surface area contributed by atoms with Crippen LogP contribution < -0.4 is 9.79 Å². The number of rotatable bonds is 8. The van der Waals surface area contributed by atoms with E-state index < -0.39 is 15.9 Å². The zero-order valence-corrected chi connectivity index (χ0v) is 19.9. The molecular formula is C28H25N3O3S. The summed E-state index contributed by atoms with van der Waals surface area (Å²) in [5.41, 5.74) is 2.25. The maximum atomic E-state index is 13.4. The van der Waals surface area contributed by atoms with Crippen LogP contribution in [0.15, 0.2) is 132 Å². The fourth-order valence-electron chi connectivity index (χ4n) is 3.62. The molecule has 6 nitrogen and oxygen atoms in total. The van der Waals surface area contributed by atoms with E-state index in [1.807, 2.05) is 59.3 Å². The summed E-state index contributed by atoms with van der Waals surface area (Å²) < 4.78 is 30.0. The predicted octanol–water partition coefficient (Wildman–Crippen LogP) is 4.66. The third kappa shape index (κ3) is 5.65. The second-order valence-corrected chi connectivity index (χ2v) is 9.64. The van der Waals surface area contributed by atoms with Gasteiger partial charge < -0.3 is 4.57 Å². The summed E-state index contributed by atoms with van der Waals surface area (Å²) in [6.07, 6.45) is 3.38. The van der Waals surface area contributed by atoms with Gasteiger partial charge >= 0.3 is 0 Å². The van der Waals surface area contributed by atoms with Crippen LogP contribution in [-0.2, 0) is 16.6 Å². The van der Waals surface area contributed by atoms with Gasteiger partial charge in [0.25, 0.3) is 15.9 Å². The lowest BCUT2D eigenvalue weighted by molar-refractivity contribution is 0.0997. The summed E-state index contributed by atoms with van der Waals surface area (Å²) in [5.74, 6) is -0.523. The molecule has 0 aliphatic rings. The minimum Gasteiger partial charge on any atom is -0.328 e. The smallest absolute Gasteiger partial charge is 0.278 e. The van der Waals surface area contributed by atoms with Crippen LogP contribution in [0.4, 0.5) is 5.69 Å². The van der Waals surface area contributed by atoms with Gasteiger partial charge in [0.2, 0.25) is 0 Å². The average molecular weight is 484 g/mol. The molecule has 1 aromatic heterocycles. The number of pyridine rings is 1. The van der Waals surface area contributed by atoms with Gasteiger partial charge in [-0.15, -0.1) is 6.58 Å². The third-order valence-electron chi connectivity index (χ3n) is 5.34. The number of para-hydroxylation sites is 1. The van der Waals surface area contributed by atoms with Crippen molar-refractivity contribution in [2.45, 2.75) is 11.4 Å². The van der Waals surface area contributed by atoms with Crippen molar-refractivity contribution in [3.05, 3.63) is 139 Å². The second-order valence-electron chi connectivity index (χ2n) is 7.78. The topological polar surface area (TPSA) is 71.7 Å². The molecule has 0 saturated heterocycles. The minimum atomic E-state index is -3.93. The number of hydrogen-bond acceptors (Lipinski definition) is 3. The number of carbonyl (C=O) groups is 1. The van der Waals surface area contributed by atoms with E-state index in [2.05, 4.69) is 11.6 Å². The van der Waals surface area contributed by atoms with Crippen LogP contribution in [0.1, 0.15) is 15.9 Å². The Kier molecular flexibility index (Phi) is 7.38. The van der Waals surface area contributed by atoms with E-state index in [0.29, 0.717) is 17.7 Å². The first kappa shape index (κ1) is 23.9. The summed E-state index contributed by atoms with van der Waals surface area (Å²) >= 11 is 0. The van der Waals surface area contributed by atoms with Crippen LogP contribution in [0, 0.1) is 0 Å². The number of sulfonamides is 1. The Morgan fingerprint density at radius 3 is 2.29 bits per heavy atom. The van der Waals surface area contributed by atoms with E-state index >= 15 is 0 Å². The Hall–Kier alpha value is -4.23. The highest BCUT2D eigenvalue weighted by molar-refractivity contribution is 7.92. The lowest BCUT2D eigenvalue weighted by Gasteiger charge is -2.23. The fraction of sp³-hybridized carbons (Fsp3) is 0.0714. The van der Waals surface area contributed by atoms with E-state index in [0.717, 1.165) is 5.56 Å². The summed E-state index contributed by atoms with van der Waals surface area (Å²) in [5, 5.41) is 0. The average Bonchev–Trinajstić information content (AvgIpc) is 2.89. The lowest BCUT2D eigenvalue weighted by Crippen LogP contribution is -2.31. The monoisotopic (exact) mass is 483 g/mol. The van der Waals surface area contributed by atoms with E-state index in [1.165, 1.54) is 22.5 Å². The van der Waals surface area contributed by atoms with E-state index in [4.69, 9.17) is 0 Å². The zero-order chi connectivity index (χ0) is 24.7. The number of aromatic nitrogens is 1. The number of carbonyl (C=O) groups excluding carboxylic acids is 1. The molecule has 35 heavy (non-hydrogen) atoms. The summed E-state index contributed by atoms with van der Waals surface area (Å²) in [6, 6.07) is 30.0. The van der Waals surface area contributed by atoms with Gasteiger partial charge in [0.1, 0.15) is 5.49 Å². The molecule has 0 fully saturated rings. The highest BCUT2D eigenvalue weighted by Crippen LogP contribution is 2.24. The first-order chi connectivity index (χ1) is 17.0. The molecule has 0 spiro atoms.